The summed E-state index contributed by atoms with van der Waals surface area (Å²) in [5, 5.41) is 36.4. The molecule has 2 fully saturated rings. The molecule has 0 radical (unpaired) electrons. The summed E-state index contributed by atoms with van der Waals surface area (Å²) in [6.45, 7) is 5.70. The zero-order chi connectivity index (χ0) is 22.9. The van der Waals surface area contributed by atoms with Crippen LogP contribution in [0.25, 0.3) is 0 Å². The monoisotopic (exact) mass is 471 g/mol. The SMILES string of the molecule is CC(O)NC(=O)/C=C/SC[C@@H]1C[C@H](SC2=C(C(=O)O)N3C(=O)[C@H]([C@@H](C)O)C3[C@H]2C)CN1. The predicted molar refractivity (Wildman–Crippen MR) is 119 cm³/mol. The second-order valence-corrected chi connectivity index (χ2v) is 10.5. The third-order valence-corrected chi connectivity index (χ3v) is 8.19. The normalized spacial score (nSPS) is 32.2. The van der Waals surface area contributed by atoms with Crippen molar-refractivity contribution >= 4 is 41.3 Å². The van der Waals surface area contributed by atoms with Crippen LogP contribution in [0.5, 0.6) is 0 Å². The molecule has 0 aromatic heterocycles. The van der Waals surface area contributed by atoms with Crippen LogP contribution in [-0.2, 0) is 14.4 Å². The molecule has 0 aromatic rings. The number of carboxylic acids is 1. The molecule has 0 aromatic carbocycles. The molecule has 3 rings (SSSR count). The Morgan fingerprint density at radius 2 is 2.06 bits per heavy atom. The summed E-state index contributed by atoms with van der Waals surface area (Å²) in [6.07, 6.45) is 0.521. The molecule has 172 valence electrons. The van der Waals surface area contributed by atoms with Crippen LogP contribution in [0.2, 0.25) is 0 Å². The van der Waals surface area contributed by atoms with Crippen molar-refractivity contribution in [2.24, 2.45) is 11.8 Å². The molecule has 3 aliphatic heterocycles. The standard InChI is InChI=1S/C20H29N3O6S2/c1-9-16-15(10(2)24)19(27)23(16)17(20(28)29)18(9)31-13-6-12(21-7-13)8-30-5-4-14(26)22-11(3)25/h4-5,9-13,15-16,21,24-25H,6-8H2,1-3H3,(H,22,26)(H,28,29)/b5-4+/t9-,10-,11?,12+,13+,15-,16?/m1/s1. The van der Waals surface area contributed by atoms with E-state index in [9.17, 15) is 24.6 Å². The van der Waals surface area contributed by atoms with Crippen molar-refractivity contribution in [2.75, 3.05) is 12.3 Å². The maximum atomic E-state index is 12.4. The topological polar surface area (TPSA) is 139 Å². The molecular weight excluding hydrogens is 442 g/mol. The molecule has 5 N–H and O–H groups in total. The van der Waals surface area contributed by atoms with Crippen LogP contribution < -0.4 is 10.6 Å². The van der Waals surface area contributed by atoms with Crippen molar-refractivity contribution in [3.63, 3.8) is 0 Å². The van der Waals surface area contributed by atoms with E-state index in [0.717, 1.165) is 18.7 Å². The van der Waals surface area contributed by atoms with Crippen molar-refractivity contribution in [2.45, 2.75) is 56.9 Å². The highest BCUT2D eigenvalue weighted by Gasteiger charge is 2.60. The Morgan fingerprint density at radius 3 is 2.68 bits per heavy atom. The van der Waals surface area contributed by atoms with Crippen LogP contribution in [0.3, 0.4) is 0 Å². The molecule has 11 heteroatoms. The van der Waals surface area contributed by atoms with Gasteiger partial charge in [-0.05, 0) is 25.7 Å². The lowest BCUT2D eigenvalue weighted by atomic mass is 9.79. The highest BCUT2D eigenvalue weighted by molar-refractivity contribution is 8.03. The largest absolute Gasteiger partial charge is 0.477 e. The molecule has 31 heavy (non-hydrogen) atoms. The Kier molecular flexibility index (Phi) is 7.74. The number of thioether (sulfide) groups is 2. The molecule has 0 spiro atoms. The van der Waals surface area contributed by atoms with Crippen molar-refractivity contribution in [1.29, 1.82) is 0 Å². The van der Waals surface area contributed by atoms with E-state index in [4.69, 9.17) is 5.11 Å². The van der Waals surface area contributed by atoms with Crippen molar-refractivity contribution < 1.29 is 29.7 Å². The van der Waals surface area contributed by atoms with Gasteiger partial charge in [0.2, 0.25) is 11.8 Å². The zero-order valence-corrected chi connectivity index (χ0v) is 19.3. The molecule has 3 aliphatic rings. The molecule has 2 unspecified atom stereocenters. The van der Waals surface area contributed by atoms with Gasteiger partial charge in [-0.2, -0.15) is 0 Å². The minimum absolute atomic E-state index is 0.0642. The number of β-lactam (4-membered cyclic amide) rings is 1. The van der Waals surface area contributed by atoms with E-state index in [1.807, 2.05) is 6.92 Å². The van der Waals surface area contributed by atoms with E-state index in [-0.39, 0.29) is 40.8 Å². The number of aliphatic hydroxyl groups is 2. The average Bonchev–Trinajstić information content (AvgIpc) is 3.20. The first-order valence-electron chi connectivity index (χ1n) is 10.3. The fourth-order valence-electron chi connectivity index (χ4n) is 4.39. The average molecular weight is 472 g/mol. The van der Waals surface area contributed by atoms with Gasteiger partial charge >= 0.3 is 5.97 Å². The third-order valence-electron chi connectivity index (χ3n) is 5.75. The summed E-state index contributed by atoms with van der Waals surface area (Å²) < 4.78 is 0. The van der Waals surface area contributed by atoms with Crippen LogP contribution in [0.1, 0.15) is 27.2 Å². The number of carbonyl (C=O) groups is 3. The summed E-state index contributed by atoms with van der Waals surface area (Å²) in [4.78, 5) is 37.9. The second-order valence-electron chi connectivity index (χ2n) is 8.17. The zero-order valence-electron chi connectivity index (χ0n) is 17.6. The van der Waals surface area contributed by atoms with E-state index in [1.54, 1.807) is 12.3 Å². The number of hydrogen-bond acceptors (Lipinski definition) is 8. The van der Waals surface area contributed by atoms with E-state index in [2.05, 4.69) is 10.6 Å². The quantitative estimate of drug-likeness (QED) is 0.183. The highest BCUT2D eigenvalue weighted by atomic mass is 32.2. The Morgan fingerprint density at radius 1 is 1.35 bits per heavy atom. The Labute approximate surface area is 189 Å². The number of amides is 2. The predicted octanol–water partition coefficient (Wildman–Crippen LogP) is 0.305. The van der Waals surface area contributed by atoms with Crippen LogP contribution in [-0.4, -0.2) is 80.0 Å². The highest BCUT2D eigenvalue weighted by Crippen LogP contribution is 2.51. The number of nitrogens with zero attached hydrogens (tertiary/aromatic N) is 1. The van der Waals surface area contributed by atoms with Gasteiger partial charge in [0.25, 0.3) is 0 Å². The fraction of sp³-hybridized carbons (Fsp3) is 0.650. The first kappa shape index (κ1) is 24.1. The molecule has 7 atom stereocenters. The van der Waals surface area contributed by atoms with Gasteiger partial charge in [0.05, 0.1) is 18.1 Å². The number of aliphatic carboxylic acids is 1. The molecule has 0 bridgehead atoms. The summed E-state index contributed by atoms with van der Waals surface area (Å²) in [7, 11) is 0. The lowest BCUT2D eigenvalue weighted by molar-refractivity contribution is -0.163. The number of nitrogens with one attached hydrogen (secondary N) is 2. The lowest BCUT2D eigenvalue weighted by Crippen LogP contribution is -2.63. The van der Waals surface area contributed by atoms with E-state index >= 15 is 0 Å². The number of rotatable bonds is 9. The van der Waals surface area contributed by atoms with Gasteiger partial charge in [-0.1, -0.05) is 6.92 Å². The van der Waals surface area contributed by atoms with Gasteiger partial charge < -0.3 is 30.9 Å². The van der Waals surface area contributed by atoms with Gasteiger partial charge in [-0.15, -0.1) is 23.5 Å². The maximum absolute atomic E-state index is 12.4. The second kappa shape index (κ2) is 9.95. The Bertz CT molecular complexity index is 800. The number of carbonyl (C=O) groups excluding carboxylic acids is 2. The Hall–Kier alpha value is -1.53. The number of carboxylic acid groups (broad SMARTS) is 1. The molecule has 2 amide bonds. The van der Waals surface area contributed by atoms with Crippen molar-refractivity contribution in [3.05, 3.63) is 22.1 Å². The third kappa shape index (κ3) is 5.11. The van der Waals surface area contributed by atoms with Crippen molar-refractivity contribution in [3.8, 4) is 0 Å². The summed E-state index contributed by atoms with van der Waals surface area (Å²) in [6, 6.07) is -0.0684. The Balaban J connectivity index is 1.56. The van der Waals surface area contributed by atoms with E-state index in [1.165, 1.54) is 41.4 Å². The van der Waals surface area contributed by atoms with Crippen LogP contribution in [0.4, 0.5) is 0 Å². The first-order chi connectivity index (χ1) is 14.6. The lowest BCUT2D eigenvalue weighted by Gasteiger charge is -2.46. The van der Waals surface area contributed by atoms with Gasteiger partial charge in [0, 0.05) is 40.5 Å². The fourth-order valence-corrected chi connectivity index (χ4v) is 6.73. The smallest absolute Gasteiger partial charge is 0.353 e. The minimum atomic E-state index is -1.10. The minimum Gasteiger partial charge on any atom is -0.477 e. The number of aliphatic hydroxyl groups excluding tert-OH is 2. The maximum Gasteiger partial charge on any atom is 0.353 e. The van der Waals surface area contributed by atoms with Gasteiger partial charge in [0.1, 0.15) is 11.9 Å². The van der Waals surface area contributed by atoms with Crippen LogP contribution in [0, 0.1) is 11.8 Å². The first-order valence-corrected chi connectivity index (χ1v) is 12.2. The molecule has 0 saturated carbocycles. The molecule has 3 heterocycles. The molecular formula is C20H29N3O6S2. The van der Waals surface area contributed by atoms with Crippen LogP contribution >= 0.6 is 23.5 Å². The molecule has 9 nitrogen and oxygen atoms in total. The van der Waals surface area contributed by atoms with Crippen molar-refractivity contribution in [1.82, 2.24) is 15.5 Å². The number of hydrogen-bond donors (Lipinski definition) is 5. The number of fused-ring (bicyclic) bond motifs is 1. The van der Waals surface area contributed by atoms with E-state index in [0.29, 0.717) is 4.91 Å². The summed E-state index contributed by atoms with van der Waals surface area (Å²) in [5.74, 6) is -1.69. The molecule has 0 aliphatic carbocycles. The van der Waals surface area contributed by atoms with Crippen LogP contribution in [0.15, 0.2) is 22.1 Å². The van der Waals surface area contributed by atoms with E-state index < -0.39 is 24.2 Å². The van der Waals surface area contributed by atoms with Gasteiger partial charge in [-0.3, -0.25) is 9.59 Å². The summed E-state index contributed by atoms with van der Waals surface area (Å²) in [5.41, 5.74) is 0.0642. The molecule has 2 saturated heterocycles. The van der Waals surface area contributed by atoms with Gasteiger partial charge in [-0.25, -0.2) is 4.79 Å². The van der Waals surface area contributed by atoms with Gasteiger partial charge in [0.15, 0.2) is 0 Å². The summed E-state index contributed by atoms with van der Waals surface area (Å²) >= 11 is 3.01.